The summed E-state index contributed by atoms with van der Waals surface area (Å²) in [4.78, 5) is 14.6. The van der Waals surface area contributed by atoms with Crippen molar-refractivity contribution >= 4 is 11.6 Å². The number of anilines is 1. The Morgan fingerprint density at radius 2 is 1.91 bits per heavy atom. The Bertz CT molecular complexity index is 699. The van der Waals surface area contributed by atoms with Gasteiger partial charge in [-0.3, -0.25) is 4.79 Å². The summed E-state index contributed by atoms with van der Waals surface area (Å²) in [6, 6.07) is 16.2. The largest absolute Gasteiger partial charge is 0.496 e. The van der Waals surface area contributed by atoms with Gasteiger partial charge >= 0.3 is 0 Å². The Morgan fingerprint density at radius 1 is 1.17 bits per heavy atom. The molecule has 1 unspecified atom stereocenters. The number of methoxy groups -OCH3 is 1. The predicted molar refractivity (Wildman–Crippen MR) is 91.7 cm³/mol. The van der Waals surface area contributed by atoms with Gasteiger partial charge in [-0.1, -0.05) is 36.4 Å². The Kier molecular flexibility index (Phi) is 4.51. The summed E-state index contributed by atoms with van der Waals surface area (Å²) in [6.45, 7) is 3.52. The first kappa shape index (κ1) is 15.4. The van der Waals surface area contributed by atoms with Crippen LogP contribution in [0, 0.1) is 0 Å². The number of para-hydroxylation sites is 2. The van der Waals surface area contributed by atoms with E-state index in [1.165, 1.54) is 5.69 Å². The van der Waals surface area contributed by atoms with Gasteiger partial charge in [0.15, 0.2) is 0 Å². The fraction of sp³-hybridized carbons (Fsp3) is 0.316. The van der Waals surface area contributed by atoms with Crippen LogP contribution in [0.15, 0.2) is 48.5 Å². The highest BCUT2D eigenvalue weighted by Gasteiger charge is 2.28. The molecule has 0 spiro atoms. The lowest BCUT2D eigenvalue weighted by Gasteiger charge is -2.36. The van der Waals surface area contributed by atoms with E-state index in [0.717, 1.165) is 23.4 Å². The van der Waals surface area contributed by atoms with Gasteiger partial charge in [-0.25, -0.2) is 0 Å². The highest BCUT2D eigenvalue weighted by molar-refractivity contribution is 5.79. The highest BCUT2D eigenvalue weighted by Crippen LogP contribution is 2.37. The number of hydrogen-bond acceptors (Lipinski definition) is 3. The third-order valence-electron chi connectivity index (χ3n) is 4.37. The number of carbonyl (C=O) groups is 1. The number of nitrogens with zero attached hydrogens (tertiary/aromatic N) is 1. The normalized spacial score (nSPS) is 17.7. The van der Waals surface area contributed by atoms with Crippen LogP contribution in [-0.2, 0) is 11.3 Å². The number of hydrogen-bond donors (Lipinski definition) is 1. The maximum absolute atomic E-state index is 12.3. The van der Waals surface area contributed by atoms with Crippen molar-refractivity contribution in [3.05, 3.63) is 59.7 Å². The zero-order chi connectivity index (χ0) is 16.2. The maximum Gasteiger partial charge on any atom is 0.222 e. The molecule has 0 saturated carbocycles. The Balaban J connectivity index is 2.12. The van der Waals surface area contributed by atoms with Gasteiger partial charge in [0, 0.05) is 24.3 Å². The van der Waals surface area contributed by atoms with Crippen LogP contribution >= 0.6 is 0 Å². The quantitative estimate of drug-likeness (QED) is 0.946. The minimum Gasteiger partial charge on any atom is -0.496 e. The molecule has 1 heterocycles. The van der Waals surface area contributed by atoms with Crippen LogP contribution in [0.2, 0.25) is 0 Å². The van der Waals surface area contributed by atoms with E-state index in [-0.39, 0.29) is 11.9 Å². The maximum atomic E-state index is 12.3. The second kappa shape index (κ2) is 6.73. The second-order valence-corrected chi connectivity index (χ2v) is 5.65. The van der Waals surface area contributed by atoms with Gasteiger partial charge in [0.05, 0.1) is 19.6 Å². The molecule has 0 radical (unpaired) electrons. The molecule has 0 bridgehead atoms. The molecule has 0 fully saturated rings. The van der Waals surface area contributed by atoms with Gasteiger partial charge in [-0.05, 0) is 24.6 Å². The topological polar surface area (TPSA) is 41.6 Å². The Hall–Kier alpha value is -2.49. The molecule has 4 nitrogen and oxygen atoms in total. The monoisotopic (exact) mass is 310 g/mol. The molecule has 23 heavy (non-hydrogen) atoms. The minimum atomic E-state index is -0.0439. The van der Waals surface area contributed by atoms with Crippen LogP contribution in [-0.4, -0.2) is 19.6 Å². The van der Waals surface area contributed by atoms with Crippen LogP contribution in [0.1, 0.15) is 30.5 Å². The number of amides is 1. The summed E-state index contributed by atoms with van der Waals surface area (Å²) in [5.74, 6) is 0.885. The van der Waals surface area contributed by atoms with Gasteiger partial charge in [0.25, 0.3) is 0 Å². The van der Waals surface area contributed by atoms with Crippen molar-refractivity contribution in [2.75, 3.05) is 18.6 Å². The predicted octanol–water partition coefficient (Wildman–Crippen LogP) is 3.28. The molecule has 0 aromatic heterocycles. The molecule has 0 saturated heterocycles. The van der Waals surface area contributed by atoms with Crippen LogP contribution in [0.4, 0.5) is 5.69 Å². The van der Waals surface area contributed by atoms with Gasteiger partial charge in [-0.2, -0.15) is 0 Å². The molecule has 2 aromatic rings. The molecule has 4 heteroatoms. The van der Waals surface area contributed by atoms with Crippen LogP contribution in [0.3, 0.4) is 0 Å². The fourth-order valence-corrected chi connectivity index (χ4v) is 3.27. The Labute approximate surface area is 137 Å². The summed E-state index contributed by atoms with van der Waals surface area (Å²) in [6.07, 6.45) is 0.419. The summed E-state index contributed by atoms with van der Waals surface area (Å²) in [7, 11) is 1.67. The van der Waals surface area contributed by atoms with Crippen molar-refractivity contribution in [3.63, 3.8) is 0 Å². The first-order valence-electron chi connectivity index (χ1n) is 7.98. The van der Waals surface area contributed by atoms with E-state index >= 15 is 0 Å². The number of ether oxygens (including phenoxy) is 1. The second-order valence-electron chi connectivity index (χ2n) is 5.65. The molecular weight excluding hydrogens is 288 g/mol. The summed E-state index contributed by atoms with van der Waals surface area (Å²) in [5.41, 5.74) is 3.36. The standard InChI is InChI=1S/C19H22N2O2/c1-3-21-16-10-6-4-8-14(16)13-20-19(22)12-17(21)15-9-5-7-11-18(15)23-2/h4-11,17H,3,12-13H2,1-2H3,(H,20,22). The van der Waals surface area contributed by atoms with Gasteiger partial charge in [-0.15, -0.1) is 0 Å². The molecule has 1 amide bonds. The minimum absolute atomic E-state index is 0.0439. The van der Waals surface area contributed by atoms with E-state index < -0.39 is 0 Å². The third-order valence-corrected chi connectivity index (χ3v) is 4.37. The van der Waals surface area contributed by atoms with E-state index in [1.807, 2.05) is 36.4 Å². The van der Waals surface area contributed by atoms with E-state index in [2.05, 4.69) is 29.3 Å². The smallest absolute Gasteiger partial charge is 0.222 e. The van der Waals surface area contributed by atoms with Gasteiger partial charge in [0.1, 0.15) is 5.75 Å². The molecule has 1 aliphatic rings. The zero-order valence-electron chi connectivity index (χ0n) is 13.6. The molecule has 120 valence electrons. The summed E-state index contributed by atoms with van der Waals surface area (Å²) < 4.78 is 5.53. The van der Waals surface area contributed by atoms with E-state index in [0.29, 0.717) is 13.0 Å². The van der Waals surface area contributed by atoms with Gasteiger partial charge < -0.3 is 15.0 Å². The third kappa shape index (κ3) is 3.02. The zero-order valence-corrected chi connectivity index (χ0v) is 13.6. The van der Waals surface area contributed by atoms with Gasteiger partial charge in [0.2, 0.25) is 5.91 Å². The molecule has 0 aliphatic carbocycles. The van der Waals surface area contributed by atoms with Crippen molar-refractivity contribution in [2.24, 2.45) is 0 Å². The lowest BCUT2D eigenvalue weighted by molar-refractivity contribution is -0.121. The average Bonchev–Trinajstić information content (AvgIpc) is 2.59. The number of rotatable bonds is 3. The first-order chi connectivity index (χ1) is 11.2. The molecule has 2 aromatic carbocycles. The number of fused-ring (bicyclic) bond motifs is 1. The number of nitrogens with one attached hydrogen (secondary N) is 1. The lowest BCUT2D eigenvalue weighted by atomic mass is 9.97. The number of carbonyl (C=O) groups excluding carboxylic acids is 1. The highest BCUT2D eigenvalue weighted by atomic mass is 16.5. The van der Waals surface area contributed by atoms with Crippen molar-refractivity contribution in [2.45, 2.75) is 25.9 Å². The van der Waals surface area contributed by atoms with Crippen LogP contribution in [0.25, 0.3) is 0 Å². The molecule has 1 aliphatic heterocycles. The van der Waals surface area contributed by atoms with Crippen molar-refractivity contribution in [1.29, 1.82) is 0 Å². The summed E-state index contributed by atoms with van der Waals surface area (Å²) >= 11 is 0. The number of benzene rings is 2. The van der Waals surface area contributed by atoms with Crippen molar-refractivity contribution in [1.82, 2.24) is 5.32 Å². The molecule has 1 N–H and O–H groups in total. The van der Waals surface area contributed by atoms with Crippen LogP contribution < -0.4 is 15.0 Å². The lowest BCUT2D eigenvalue weighted by Crippen LogP contribution is -2.37. The van der Waals surface area contributed by atoms with Crippen molar-refractivity contribution in [3.8, 4) is 5.75 Å². The van der Waals surface area contributed by atoms with Crippen LogP contribution in [0.5, 0.6) is 5.75 Å². The summed E-state index contributed by atoms with van der Waals surface area (Å²) in [5, 5.41) is 3.02. The molecule has 1 atom stereocenters. The van der Waals surface area contributed by atoms with E-state index in [1.54, 1.807) is 7.11 Å². The van der Waals surface area contributed by atoms with Crippen molar-refractivity contribution < 1.29 is 9.53 Å². The first-order valence-corrected chi connectivity index (χ1v) is 7.98. The molecule has 3 rings (SSSR count). The van der Waals surface area contributed by atoms with E-state index in [9.17, 15) is 4.79 Å². The van der Waals surface area contributed by atoms with E-state index in [4.69, 9.17) is 4.74 Å². The SMILES string of the molecule is CCN1c2ccccc2CNC(=O)CC1c1ccccc1OC. The average molecular weight is 310 g/mol. The molecular formula is C19H22N2O2. The Morgan fingerprint density at radius 3 is 2.70 bits per heavy atom. The fourth-order valence-electron chi connectivity index (χ4n) is 3.27.